The number of likely N-dealkylation sites (tertiary alicyclic amines) is 1. The van der Waals surface area contributed by atoms with E-state index in [1.54, 1.807) is 6.33 Å². The monoisotopic (exact) mass is 539 g/mol. The second-order valence-electron chi connectivity index (χ2n) is 8.03. The van der Waals surface area contributed by atoms with E-state index in [0.717, 1.165) is 56.8 Å². The summed E-state index contributed by atoms with van der Waals surface area (Å²) in [5, 5.41) is 15.2. The molecule has 1 aliphatic rings. The van der Waals surface area contributed by atoms with Crippen LogP contribution in [-0.2, 0) is 19.5 Å². The number of aryl methyl sites for hydroxylation is 1. The first kappa shape index (κ1) is 25.6. The van der Waals surface area contributed by atoms with E-state index in [0.29, 0.717) is 6.54 Å². The third kappa shape index (κ3) is 8.76. The lowest BCUT2D eigenvalue weighted by Gasteiger charge is -2.33. The Morgan fingerprint density at radius 1 is 1.13 bits per heavy atom. The van der Waals surface area contributed by atoms with Gasteiger partial charge in [0.25, 0.3) is 0 Å². The van der Waals surface area contributed by atoms with Crippen LogP contribution in [0.15, 0.2) is 41.7 Å². The van der Waals surface area contributed by atoms with E-state index in [1.165, 1.54) is 31.4 Å². The van der Waals surface area contributed by atoms with E-state index in [4.69, 9.17) is 4.99 Å². The zero-order chi connectivity index (χ0) is 21.0. The van der Waals surface area contributed by atoms with Crippen molar-refractivity contribution < 1.29 is 0 Å². The molecule has 1 aliphatic heterocycles. The molecule has 172 valence electrons. The van der Waals surface area contributed by atoms with Gasteiger partial charge < -0.3 is 20.1 Å². The van der Waals surface area contributed by atoms with Gasteiger partial charge in [0.1, 0.15) is 12.2 Å². The molecule has 0 aliphatic carbocycles. The number of nitrogens with one attached hydrogen (secondary N) is 2. The van der Waals surface area contributed by atoms with Crippen molar-refractivity contribution in [1.29, 1.82) is 0 Å². The van der Waals surface area contributed by atoms with Crippen LogP contribution >= 0.6 is 24.0 Å². The largest absolute Gasteiger partial charge is 0.356 e. The standard InChI is InChI=1S/C23H37N7.HI/c1-3-22-28-27-19-30(22)17-14-25-23(26-18-21-11-5-4-6-12-21)24-13-9-16-29-15-8-7-10-20(29)2;/h4-6,11-12,19-20H,3,7-10,13-18H2,1-2H3,(H2,24,25,26);1H. The van der Waals surface area contributed by atoms with Gasteiger partial charge in [0.15, 0.2) is 5.96 Å². The normalized spacial score (nSPS) is 17.2. The van der Waals surface area contributed by atoms with Crippen molar-refractivity contribution in [3.05, 3.63) is 48.0 Å². The lowest BCUT2D eigenvalue weighted by Crippen LogP contribution is -2.42. The maximum atomic E-state index is 4.79. The molecule has 1 unspecified atom stereocenters. The molecule has 0 spiro atoms. The molecule has 0 saturated carbocycles. The number of rotatable bonds is 10. The molecule has 1 aromatic carbocycles. The molecule has 31 heavy (non-hydrogen) atoms. The Bertz CT molecular complexity index is 762. The summed E-state index contributed by atoms with van der Waals surface area (Å²) in [6.07, 6.45) is 7.87. The van der Waals surface area contributed by atoms with Gasteiger partial charge in [-0.25, -0.2) is 4.99 Å². The first-order chi connectivity index (χ1) is 14.8. The van der Waals surface area contributed by atoms with Gasteiger partial charge in [0.05, 0.1) is 6.54 Å². The summed E-state index contributed by atoms with van der Waals surface area (Å²) >= 11 is 0. The Labute approximate surface area is 204 Å². The molecule has 1 fully saturated rings. The van der Waals surface area contributed by atoms with Crippen LogP contribution in [-0.4, -0.2) is 57.8 Å². The molecule has 7 nitrogen and oxygen atoms in total. The second-order valence-corrected chi connectivity index (χ2v) is 8.03. The maximum absolute atomic E-state index is 4.79. The maximum Gasteiger partial charge on any atom is 0.191 e. The number of nitrogens with zero attached hydrogens (tertiary/aromatic N) is 5. The minimum atomic E-state index is 0. The molecule has 0 bridgehead atoms. The van der Waals surface area contributed by atoms with Crippen LogP contribution in [0.4, 0.5) is 0 Å². The van der Waals surface area contributed by atoms with Crippen LogP contribution in [0.1, 0.15) is 50.9 Å². The predicted molar refractivity (Wildman–Crippen MR) is 138 cm³/mol. The van der Waals surface area contributed by atoms with Crippen LogP contribution in [0, 0.1) is 0 Å². The van der Waals surface area contributed by atoms with Crippen molar-refractivity contribution in [1.82, 2.24) is 30.3 Å². The Morgan fingerprint density at radius 2 is 1.94 bits per heavy atom. The summed E-state index contributed by atoms with van der Waals surface area (Å²) in [6, 6.07) is 11.1. The molecule has 1 atom stereocenters. The SMILES string of the molecule is CCc1nncn1CCNC(=NCc1ccccc1)NCCCN1CCCCC1C.I. The molecule has 0 radical (unpaired) electrons. The van der Waals surface area contributed by atoms with E-state index < -0.39 is 0 Å². The quantitative estimate of drug-likeness (QED) is 0.210. The highest BCUT2D eigenvalue weighted by Gasteiger charge is 2.17. The molecule has 2 heterocycles. The molecule has 8 heteroatoms. The van der Waals surface area contributed by atoms with E-state index in [-0.39, 0.29) is 24.0 Å². The second kappa shape index (κ2) is 14.4. The van der Waals surface area contributed by atoms with Gasteiger partial charge in [0.2, 0.25) is 0 Å². The Balaban J connectivity index is 0.00000341. The summed E-state index contributed by atoms with van der Waals surface area (Å²) in [4.78, 5) is 7.42. The number of aliphatic imine (C=N–C) groups is 1. The highest BCUT2D eigenvalue weighted by atomic mass is 127. The lowest BCUT2D eigenvalue weighted by molar-refractivity contribution is 0.159. The Hall–Kier alpha value is -1.68. The van der Waals surface area contributed by atoms with Gasteiger partial charge in [0, 0.05) is 38.6 Å². The molecule has 0 amide bonds. The topological polar surface area (TPSA) is 70.4 Å². The molecule has 1 aromatic heterocycles. The number of aromatic nitrogens is 3. The fraction of sp³-hybridized carbons (Fsp3) is 0.609. The lowest BCUT2D eigenvalue weighted by atomic mass is 10.0. The fourth-order valence-electron chi connectivity index (χ4n) is 3.94. The summed E-state index contributed by atoms with van der Waals surface area (Å²) in [5.41, 5.74) is 1.22. The summed E-state index contributed by atoms with van der Waals surface area (Å²) < 4.78 is 2.10. The summed E-state index contributed by atoms with van der Waals surface area (Å²) in [7, 11) is 0. The van der Waals surface area contributed by atoms with Crippen molar-refractivity contribution in [3.63, 3.8) is 0 Å². The molecule has 3 rings (SSSR count). The Kier molecular flexibility index (Phi) is 11.9. The highest BCUT2D eigenvalue weighted by molar-refractivity contribution is 14.0. The molecule has 1 saturated heterocycles. The third-order valence-electron chi connectivity index (χ3n) is 5.77. The van der Waals surface area contributed by atoms with Crippen LogP contribution in [0.3, 0.4) is 0 Å². The predicted octanol–water partition coefficient (Wildman–Crippen LogP) is 3.46. The van der Waals surface area contributed by atoms with Gasteiger partial charge in [-0.15, -0.1) is 34.2 Å². The zero-order valence-electron chi connectivity index (χ0n) is 19.0. The number of hydrogen-bond donors (Lipinski definition) is 2. The van der Waals surface area contributed by atoms with Crippen molar-refractivity contribution in [2.45, 2.75) is 65.1 Å². The van der Waals surface area contributed by atoms with E-state index in [2.05, 4.69) is 68.4 Å². The highest BCUT2D eigenvalue weighted by Crippen LogP contribution is 2.16. The zero-order valence-corrected chi connectivity index (χ0v) is 21.3. The third-order valence-corrected chi connectivity index (χ3v) is 5.77. The van der Waals surface area contributed by atoms with Crippen molar-refractivity contribution in [3.8, 4) is 0 Å². The average Bonchev–Trinajstić information content (AvgIpc) is 3.24. The van der Waals surface area contributed by atoms with Gasteiger partial charge >= 0.3 is 0 Å². The smallest absolute Gasteiger partial charge is 0.191 e. The van der Waals surface area contributed by atoms with Crippen LogP contribution in [0.5, 0.6) is 0 Å². The number of piperidine rings is 1. The molecule has 2 N–H and O–H groups in total. The van der Waals surface area contributed by atoms with Crippen LogP contribution in [0.2, 0.25) is 0 Å². The Morgan fingerprint density at radius 3 is 2.71 bits per heavy atom. The van der Waals surface area contributed by atoms with Crippen molar-refractivity contribution >= 4 is 29.9 Å². The number of benzene rings is 1. The summed E-state index contributed by atoms with van der Waals surface area (Å²) in [5.74, 6) is 1.89. The molecular formula is C23H38IN7. The van der Waals surface area contributed by atoms with Gasteiger partial charge in [-0.2, -0.15) is 0 Å². The molecular weight excluding hydrogens is 501 g/mol. The van der Waals surface area contributed by atoms with E-state index in [1.807, 2.05) is 6.07 Å². The number of hydrogen-bond acceptors (Lipinski definition) is 4. The van der Waals surface area contributed by atoms with E-state index >= 15 is 0 Å². The first-order valence-electron chi connectivity index (χ1n) is 11.4. The van der Waals surface area contributed by atoms with Crippen molar-refractivity contribution in [2.24, 2.45) is 4.99 Å². The fourth-order valence-corrected chi connectivity index (χ4v) is 3.94. The van der Waals surface area contributed by atoms with Crippen molar-refractivity contribution in [2.75, 3.05) is 26.2 Å². The van der Waals surface area contributed by atoms with Crippen LogP contribution < -0.4 is 10.6 Å². The van der Waals surface area contributed by atoms with Crippen LogP contribution in [0.25, 0.3) is 0 Å². The van der Waals surface area contributed by atoms with Gasteiger partial charge in [-0.1, -0.05) is 43.7 Å². The van der Waals surface area contributed by atoms with E-state index in [9.17, 15) is 0 Å². The van der Waals surface area contributed by atoms with Gasteiger partial charge in [-0.3, -0.25) is 0 Å². The van der Waals surface area contributed by atoms with Gasteiger partial charge in [-0.05, 0) is 38.3 Å². The minimum Gasteiger partial charge on any atom is -0.356 e. The minimum absolute atomic E-state index is 0. The first-order valence-corrected chi connectivity index (χ1v) is 11.4. The number of guanidine groups is 1. The average molecular weight is 540 g/mol. The molecule has 2 aromatic rings. The number of halogens is 1. The summed E-state index contributed by atoms with van der Waals surface area (Å²) in [6.45, 7) is 10.1.